The maximum Gasteiger partial charge on any atom is 0.243 e. The zero-order valence-electron chi connectivity index (χ0n) is 14.1. The van der Waals surface area contributed by atoms with Crippen LogP contribution in [0.5, 0.6) is 0 Å². The van der Waals surface area contributed by atoms with Crippen LogP contribution in [0.25, 0.3) is 22.4 Å². The van der Waals surface area contributed by atoms with Crippen molar-refractivity contribution in [2.75, 3.05) is 0 Å². The van der Waals surface area contributed by atoms with Crippen LogP contribution in [0.4, 0.5) is 8.78 Å². The van der Waals surface area contributed by atoms with Crippen LogP contribution in [-0.4, -0.2) is 13.4 Å². The monoisotopic (exact) mass is 374 g/mol. The third-order valence-electron chi connectivity index (χ3n) is 4.18. The summed E-state index contributed by atoms with van der Waals surface area (Å²) in [5.74, 6) is -2.50. The summed E-state index contributed by atoms with van der Waals surface area (Å²) in [4.78, 5) is 3.09. The second-order valence-electron chi connectivity index (χ2n) is 6.01. The van der Waals surface area contributed by atoms with E-state index >= 15 is 0 Å². The average molecular weight is 374 g/mol. The number of halogens is 2. The molecule has 0 spiro atoms. The first-order chi connectivity index (χ1) is 12.2. The molecule has 2 N–H and O–H groups in total. The largest absolute Gasteiger partial charge is 0.256 e. The lowest BCUT2D eigenvalue weighted by atomic mass is 9.96. The van der Waals surface area contributed by atoms with Crippen molar-refractivity contribution in [3.8, 4) is 22.4 Å². The Bertz CT molecular complexity index is 1090. The van der Waals surface area contributed by atoms with Crippen molar-refractivity contribution in [1.29, 1.82) is 0 Å². The second kappa shape index (κ2) is 6.59. The zero-order chi connectivity index (χ0) is 19.1. The number of nitrogens with two attached hydrogens (primary N) is 1. The molecule has 7 heteroatoms. The molecule has 0 amide bonds. The van der Waals surface area contributed by atoms with Gasteiger partial charge in [-0.2, -0.15) is 0 Å². The maximum atomic E-state index is 14.2. The number of pyridine rings is 1. The Morgan fingerprint density at radius 2 is 1.58 bits per heavy atom. The van der Waals surface area contributed by atoms with E-state index in [9.17, 15) is 17.2 Å². The van der Waals surface area contributed by atoms with Crippen molar-refractivity contribution in [2.45, 2.75) is 18.7 Å². The molecule has 3 rings (SSSR count). The summed E-state index contributed by atoms with van der Waals surface area (Å²) in [6.45, 7) is 3.95. The van der Waals surface area contributed by atoms with Gasteiger partial charge in [-0.05, 0) is 48.7 Å². The van der Waals surface area contributed by atoms with Gasteiger partial charge >= 0.3 is 0 Å². The first-order valence-corrected chi connectivity index (χ1v) is 9.28. The van der Waals surface area contributed by atoms with E-state index in [0.29, 0.717) is 11.3 Å². The normalized spacial score (nSPS) is 11.6. The van der Waals surface area contributed by atoms with Gasteiger partial charge in [0.2, 0.25) is 10.0 Å². The molecule has 3 aromatic rings. The molecule has 0 saturated carbocycles. The minimum absolute atomic E-state index is 0.126. The third kappa shape index (κ3) is 3.36. The Hall–Kier alpha value is -2.64. The van der Waals surface area contributed by atoms with Crippen LogP contribution in [0, 0.1) is 25.5 Å². The van der Waals surface area contributed by atoms with E-state index < -0.39 is 26.6 Å². The number of primary sulfonamides is 1. The predicted molar refractivity (Wildman–Crippen MR) is 95.9 cm³/mol. The molecule has 0 unspecified atom stereocenters. The Labute approximate surface area is 150 Å². The highest BCUT2D eigenvalue weighted by Gasteiger charge is 2.22. The first kappa shape index (κ1) is 18.2. The molecule has 26 heavy (non-hydrogen) atoms. The van der Waals surface area contributed by atoms with Crippen LogP contribution in [0.2, 0.25) is 0 Å². The van der Waals surface area contributed by atoms with Gasteiger partial charge in [-0.1, -0.05) is 24.3 Å². The molecule has 0 saturated heterocycles. The molecule has 0 radical (unpaired) electrons. The zero-order valence-corrected chi connectivity index (χ0v) is 14.9. The van der Waals surface area contributed by atoms with E-state index in [1.807, 2.05) is 32.0 Å². The Morgan fingerprint density at radius 3 is 2.15 bits per heavy atom. The van der Waals surface area contributed by atoms with Gasteiger partial charge in [-0.25, -0.2) is 22.3 Å². The fourth-order valence-electron chi connectivity index (χ4n) is 2.75. The van der Waals surface area contributed by atoms with E-state index in [2.05, 4.69) is 4.98 Å². The molecule has 0 fully saturated rings. The minimum atomic E-state index is -4.51. The van der Waals surface area contributed by atoms with E-state index in [0.717, 1.165) is 28.8 Å². The van der Waals surface area contributed by atoms with E-state index in [-0.39, 0.29) is 5.56 Å². The number of nitrogens with zero attached hydrogens (tertiary/aromatic N) is 1. The molecule has 0 aliphatic rings. The van der Waals surface area contributed by atoms with Crippen LogP contribution in [-0.2, 0) is 10.0 Å². The molecule has 0 bridgehead atoms. The van der Waals surface area contributed by atoms with E-state index in [4.69, 9.17) is 5.14 Å². The number of aryl methyl sites for hydroxylation is 2. The Morgan fingerprint density at radius 1 is 0.923 bits per heavy atom. The average Bonchev–Trinajstić information content (AvgIpc) is 2.55. The van der Waals surface area contributed by atoms with Gasteiger partial charge in [0.25, 0.3) is 0 Å². The summed E-state index contributed by atoms with van der Waals surface area (Å²) >= 11 is 0. The quantitative estimate of drug-likeness (QED) is 0.754. The summed E-state index contributed by atoms with van der Waals surface area (Å²) in [5.41, 5.74) is 4.18. The van der Waals surface area contributed by atoms with Crippen molar-refractivity contribution in [3.63, 3.8) is 0 Å². The van der Waals surface area contributed by atoms with Crippen molar-refractivity contribution < 1.29 is 17.2 Å². The van der Waals surface area contributed by atoms with Crippen LogP contribution in [0.1, 0.15) is 11.1 Å². The molecule has 0 aliphatic carbocycles. The molecule has 4 nitrogen and oxygen atoms in total. The molecular formula is C19H16F2N2O2S. The smallest absolute Gasteiger partial charge is 0.243 e. The van der Waals surface area contributed by atoms with E-state index in [1.54, 1.807) is 12.1 Å². The topological polar surface area (TPSA) is 73.0 Å². The summed E-state index contributed by atoms with van der Waals surface area (Å²) in [5, 5.41) is 4.88. The lowest BCUT2D eigenvalue weighted by molar-refractivity contribution is 0.520. The van der Waals surface area contributed by atoms with Gasteiger partial charge in [0.15, 0.2) is 4.90 Å². The highest BCUT2D eigenvalue weighted by molar-refractivity contribution is 7.89. The molecular weight excluding hydrogens is 358 g/mol. The van der Waals surface area contributed by atoms with Crippen LogP contribution < -0.4 is 5.14 Å². The number of aromatic nitrogens is 1. The van der Waals surface area contributed by atoms with Gasteiger partial charge in [-0.15, -0.1) is 0 Å². The summed E-state index contributed by atoms with van der Waals surface area (Å²) in [6.07, 6.45) is 1.50. The van der Waals surface area contributed by atoms with Crippen molar-refractivity contribution in [3.05, 3.63) is 71.4 Å². The van der Waals surface area contributed by atoms with Crippen LogP contribution in [0.3, 0.4) is 0 Å². The highest BCUT2D eigenvalue weighted by Crippen LogP contribution is 2.33. The number of hydrogen-bond acceptors (Lipinski definition) is 3. The highest BCUT2D eigenvalue weighted by atomic mass is 32.2. The fourth-order valence-corrected chi connectivity index (χ4v) is 3.41. The Balaban J connectivity index is 2.22. The summed E-state index contributed by atoms with van der Waals surface area (Å²) in [7, 11) is -4.51. The molecule has 1 aromatic heterocycles. The first-order valence-electron chi connectivity index (χ1n) is 7.73. The van der Waals surface area contributed by atoms with Crippen LogP contribution in [0.15, 0.2) is 53.6 Å². The summed E-state index contributed by atoms with van der Waals surface area (Å²) < 4.78 is 51.2. The van der Waals surface area contributed by atoms with Crippen LogP contribution >= 0.6 is 0 Å². The lowest BCUT2D eigenvalue weighted by Gasteiger charge is -2.12. The minimum Gasteiger partial charge on any atom is -0.256 e. The molecule has 1 heterocycles. The van der Waals surface area contributed by atoms with E-state index in [1.165, 1.54) is 6.20 Å². The predicted octanol–water partition coefficient (Wildman–Crippen LogP) is 3.96. The number of benzene rings is 2. The van der Waals surface area contributed by atoms with Gasteiger partial charge in [0.05, 0.1) is 5.69 Å². The summed E-state index contributed by atoms with van der Waals surface area (Å²) in [6, 6.07) is 11.2. The third-order valence-corrected chi connectivity index (χ3v) is 5.14. The van der Waals surface area contributed by atoms with Gasteiger partial charge < -0.3 is 0 Å². The second-order valence-corrected chi connectivity index (χ2v) is 7.51. The maximum absolute atomic E-state index is 14.2. The number of sulfonamides is 1. The number of hydrogen-bond donors (Lipinski definition) is 1. The van der Waals surface area contributed by atoms with Crippen molar-refractivity contribution >= 4 is 10.0 Å². The van der Waals surface area contributed by atoms with Crippen molar-refractivity contribution in [1.82, 2.24) is 4.98 Å². The fraction of sp³-hybridized carbons (Fsp3) is 0.105. The molecule has 2 aromatic carbocycles. The lowest BCUT2D eigenvalue weighted by Crippen LogP contribution is -2.16. The van der Waals surface area contributed by atoms with Gasteiger partial charge in [0, 0.05) is 17.3 Å². The molecule has 0 aliphatic heterocycles. The standard InChI is InChI=1S/C19H16F2N2O2S/c1-11-5-6-13(8-12(11)2)15-4-3-7-23-18(15)14-9-16(20)19(17(21)10-14)26(22,24)25/h3-10H,1-2H3,(H2,22,24,25). The molecule has 0 atom stereocenters. The SMILES string of the molecule is Cc1ccc(-c2cccnc2-c2cc(F)c(S(N)(=O)=O)c(F)c2)cc1C. The molecule has 134 valence electrons. The Kier molecular flexibility index (Phi) is 4.60. The van der Waals surface area contributed by atoms with Gasteiger partial charge in [-0.3, -0.25) is 4.98 Å². The van der Waals surface area contributed by atoms with Gasteiger partial charge in [0.1, 0.15) is 11.6 Å². The number of rotatable bonds is 3. The van der Waals surface area contributed by atoms with Crippen molar-refractivity contribution in [2.24, 2.45) is 5.14 Å².